The first-order valence-corrected chi connectivity index (χ1v) is 7.77. The quantitative estimate of drug-likeness (QED) is 0.669. The summed E-state index contributed by atoms with van der Waals surface area (Å²) in [6.07, 6.45) is 2.03. The van der Waals surface area contributed by atoms with Crippen molar-refractivity contribution in [3.63, 3.8) is 0 Å². The highest BCUT2D eigenvalue weighted by molar-refractivity contribution is 9.08. The van der Waals surface area contributed by atoms with E-state index in [4.69, 9.17) is 9.72 Å². The number of halogens is 1. The van der Waals surface area contributed by atoms with Crippen LogP contribution in [-0.4, -0.2) is 23.5 Å². The molecule has 2 heterocycles. The highest BCUT2D eigenvalue weighted by Crippen LogP contribution is 2.34. The Kier molecular flexibility index (Phi) is 3.84. The van der Waals surface area contributed by atoms with Crippen molar-refractivity contribution in [2.75, 3.05) is 19.1 Å². The molecular formula is C16H16BrN3O. The molecule has 1 aromatic carbocycles. The third-order valence-corrected chi connectivity index (χ3v) is 4.03. The summed E-state index contributed by atoms with van der Waals surface area (Å²) in [7, 11) is 3.69. The van der Waals surface area contributed by atoms with E-state index in [1.165, 1.54) is 0 Å². The van der Waals surface area contributed by atoms with Gasteiger partial charge in [-0.25, -0.2) is 4.98 Å². The molecule has 0 fully saturated rings. The number of aromatic nitrogens is 2. The fraction of sp³-hybridized carbons (Fsp3) is 0.188. The van der Waals surface area contributed by atoms with Crippen molar-refractivity contribution in [3.8, 4) is 5.75 Å². The number of nitrogens with zero attached hydrogens (tertiary/aromatic N) is 3. The van der Waals surface area contributed by atoms with Crippen LogP contribution in [0.15, 0.2) is 48.7 Å². The third kappa shape index (κ3) is 2.38. The predicted octanol–water partition coefficient (Wildman–Crippen LogP) is 4.01. The van der Waals surface area contributed by atoms with Gasteiger partial charge in [0.05, 0.1) is 18.5 Å². The van der Waals surface area contributed by atoms with E-state index in [-0.39, 0.29) is 0 Å². The largest absolute Gasteiger partial charge is 0.495 e. The lowest BCUT2D eigenvalue weighted by atomic mass is 10.2. The Labute approximate surface area is 132 Å². The van der Waals surface area contributed by atoms with E-state index in [1.54, 1.807) is 7.11 Å². The van der Waals surface area contributed by atoms with Gasteiger partial charge in [0.1, 0.15) is 11.4 Å². The average Bonchev–Trinajstić information content (AvgIpc) is 2.92. The molecule has 0 saturated carbocycles. The molecule has 0 amide bonds. The molecule has 3 rings (SSSR count). The highest BCUT2D eigenvalue weighted by atomic mass is 79.9. The Bertz CT molecular complexity index is 769. The van der Waals surface area contributed by atoms with Gasteiger partial charge in [-0.05, 0) is 24.3 Å². The predicted molar refractivity (Wildman–Crippen MR) is 88.9 cm³/mol. The van der Waals surface area contributed by atoms with Gasteiger partial charge >= 0.3 is 0 Å². The molecule has 0 aliphatic rings. The summed E-state index contributed by atoms with van der Waals surface area (Å²) in [6, 6.07) is 14.0. The Hall–Kier alpha value is -2.01. The zero-order valence-electron chi connectivity index (χ0n) is 12.0. The van der Waals surface area contributed by atoms with Crippen LogP contribution in [0.25, 0.3) is 5.65 Å². The molecule has 4 nitrogen and oxygen atoms in total. The average molecular weight is 346 g/mol. The van der Waals surface area contributed by atoms with Gasteiger partial charge in [0.2, 0.25) is 0 Å². The van der Waals surface area contributed by atoms with Gasteiger partial charge in [-0.15, -0.1) is 0 Å². The number of imidazole rings is 1. The number of hydrogen-bond donors (Lipinski definition) is 0. The number of alkyl halides is 1. The van der Waals surface area contributed by atoms with Crippen LogP contribution in [0.3, 0.4) is 0 Å². The molecule has 0 bridgehead atoms. The van der Waals surface area contributed by atoms with Gasteiger partial charge in [-0.1, -0.05) is 34.1 Å². The number of benzene rings is 1. The minimum Gasteiger partial charge on any atom is -0.495 e. The minimum absolute atomic E-state index is 0.729. The number of anilines is 2. The molecule has 21 heavy (non-hydrogen) atoms. The number of fused-ring (bicyclic) bond motifs is 1. The lowest BCUT2D eigenvalue weighted by molar-refractivity contribution is 0.415. The molecule has 0 unspecified atom stereocenters. The van der Waals surface area contributed by atoms with Crippen LogP contribution in [-0.2, 0) is 5.33 Å². The van der Waals surface area contributed by atoms with Gasteiger partial charge in [-0.3, -0.25) is 0 Å². The summed E-state index contributed by atoms with van der Waals surface area (Å²) in [4.78, 5) is 6.80. The normalized spacial score (nSPS) is 10.8. The fourth-order valence-corrected chi connectivity index (χ4v) is 2.97. The number of ether oxygens (including phenoxy) is 1. The Morgan fingerprint density at radius 2 is 1.95 bits per heavy atom. The number of pyridine rings is 1. The van der Waals surface area contributed by atoms with Gasteiger partial charge in [0.15, 0.2) is 5.82 Å². The monoisotopic (exact) mass is 345 g/mol. The van der Waals surface area contributed by atoms with Crippen LogP contribution in [0.5, 0.6) is 5.75 Å². The van der Waals surface area contributed by atoms with E-state index < -0.39 is 0 Å². The second kappa shape index (κ2) is 5.77. The van der Waals surface area contributed by atoms with Crippen molar-refractivity contribution >= 4 is 33.1 Å². The SMILES string of the molecule is COc1ccccc1N(C)c1nc2ccccn2c1CBr. The van der Waals surface area contributed by atoms with Crippen molar-refractivity contribution in [2.45, 2.75) is 5.33 Å². The maximum atomic E-state index is 5.45. The van der Waals surface area contributed by atoms with Gasteiger partial charge in [0.25, 0.3) is 0 Å². The topological polar surface area (TPSA) is 29.8 Å². The smallest absolute Gasteiger partial charge is 0.156 e. The zero-order valence-corrected chi connectivity index (χ0v) is 13.5. The molecule has 108 valence electrons. The lowest BCUT2D eigenvalue weighted by Gasteiger charge is -2.20. The molecule has 2 aromatic heterocycles. The van der Waals surface area contributed by atoms with E-state index in [1.807, 2.05) is 55.7 Å². The number of rotatable bonds is 4. The summed E-state index contributed by atoms with van der Waals surface area (Å²) in [5.41, 5.74) is 3.04. The third-order valence-electron chi connectivity index (χ3n) is 3.50. The second-order valence-corrected chi connectivity index (χ2v) is 5.24. The molecule has 3 aromatic rings. The van der Waals surface area contributed by atoms with Crippen LogP contribution in [0, 0.1) is 0 Å². The van der Waals surface area contributed by atoms with Crippen LogP contribution in [0.4, 0.5) is 11.5 Å². The molecule has 0 saturated heterocycles. The fourth-order valence-electron chi connectivity index (χ4n) is 2.45. The number of para-hydroxylation sites is 2. The van der Waals surface area contributed by atoms with Crippen LogP contribution < -0.4 is 9.64 Å². The maximum absolute atomic E-state index is 5.45. The highest BCUT2D eigenvalue weighted by Gasteiger charge is 2.18. The zero-order chi connectivity index (χ0) is 14.8. The number of methoxy groups -OCH3 is 1. The van der Waals surface area contributed by atoms with Gasteiger partial charge < -0.3 is 14.0 Å². The summed E-state index contributed by atoms with van der Waals surface area (Å²) >= 11 is 3.57. The Morgan fingerprint density at radius 3 is 2.71 bits per heavy atom. The van der Waals surface area contributed by atoms with E-state index in [0.29, 0.717) is 0 Å². The molecule has 0 spiro atoms. The van der Waals surface area contributed by atoms with Crippen molar-refractivity contribution in [3.05, 3.63) is 54.4 Å². The molecule has 0 N–H and O–H groups in total. The first kappa shape index (κ1) is 13.9. The minimum atomic E-state index is 0.729. The first-order valence-electron chi connectivity index (χ1n) is 6.65. The van der Waals surface area contributed by atoms with E-state index in [2.05, 4.69) is 25.2 Å². The van der Waals surface area contributed by atoms with Crippen molar-refractivity contribution in [1.29, 1.82) is 0 Å². The Morgan fingerprint density at radius 1 is 1.19 bits per heavy atom. The second-order valence-electron chi connectivity index (χ2n) is 4.68. The first-order chi connectivity index (χ1) is 10.3. The Balaban J connectivity index is 2.15. The molecule has 0 aliphatic heterocycles. The molecule has 0 aliphatic carbocycles. The van der Waals surface area contributed by atoms with E-state index >= 15 is 0 Å². The number of hydrogen-bond acceptors (Lipinski definition) is 3. The van der Waals surface area contributed by atoms with E-state index in [0.717, 1.165) is 33.9 Å². The summed E-state index contributed by atoms with van der Waals surface area (Å²) in [6.45, 7) is 0. The standard InChI is InChI=1S/C16H16BrN3O/c1-19(12-7-3-4-8-14(12)21-2)16-13(11-17)20-10-6-5-9-15(20)18-16/h3-10H,11H2,1-2H3. The van der Waals surface area contributed by atoms with Crippen LogP contribution >= 0.6 is 15.9 Å². The maximum Gasteiger partial charge on any atom is 0.156 e. The summed E-state index contributed by atoms with van der Waals surface area (Å²) in [5.74, 6) is 1.75. The van der Waals surface area contributed by atoms with Crippen molar-refractivity contribution in [1.82, 2.24) is 9.38 Å². The van der Waals surface area contributed by atoms with E-state index in [9.17, 15) is 0 Å². The summed E-state index contributed by atoms with van der Waals surface area (Å²) < 4.78 is 7.54. The van der Waals surface area contributed by atoms with Crippen molar-refractivity contribution in [2.24, 2.45) is 0 Å². The molecule has 0 radical (unpaired) electrons. The summed E-state index contributed by atoms with van der Waals surface area (Å²) in [5, 5.41) is 0.729. The van der Waals surface area contributed by atoms with Crippen LogP contribution in [0.2, 0.25) is 0 Å². The lowest BCUT2D eigenvalue weighted by Crippen LogP contribution is -2.13. The molecule has 5 heteroatoms. The van der Waals surface area contributed by atoms with Crippen LogP contribution in [0.1, 0.15) is 5.69 Å². The molecular weight excluding hydrogens is 330 g/mol. The van der Waals surface area contributed by atoms with Gasteiger partial charge in [0, 0.05) is 18.6 Å². The van der Waals surface area contributed by atoms with Crippen molar-refractivity contribution < 1.29 is 4.74 Å². The van der Waals surface area contributed by atoms with Gasteiger partial charge in [-0.2, -0.15) is 0 Å². The molecule has 0 atom stereocenters.